The summed E-state index contributed by atoms with van der Waals surface area (Å²) in [7, 11) is 0. The third-order valence-electron chi connectivity index (χ3n) is 2.19. The maximum atomic E-state index is 5.59. The van der Waals surface area contributed by atoms with Gasteiger partial charge in [-0.25, -0.2) is 5.90 Å². The number of hydrogen-bond donors (Lipinski definition) is 1. The Kier molecular flexibility index (Phi) is 3.35. The topological polar surface area (TPSA) is 53.7 Å². The molecule has 0 bridgehead atoms. The lowest BCUT2D eigenvalue weighted by Crippen LogP contribution is -2.16. The number of ether oxygens (including phenoxy) is 2. The van der Waals surface area contributed by atoms with Crippen molar-refractivity contribution < 1.29 is 14.3 Å². The molecule has 0 spiro atoms. The van der Waals surface area contributed by atoms with Crippen molar-refractivity contribution in [1.29, 1.82) is 0 Å². The van der Waals surface area contributed by atoms with E-state index < -0.39 is 0 Å². The first-order valence-corrected chi connectivity index (χ1v) is 5.86. The summed E-state index contributed by atoms with van der Waals surface area (Å²) in [5.74, 6) is 6.69. The van der Waals surface area contributed by atoms with Crippen molar-refractivity contribution in [3.05, 3.63) is 17.7 Å². The van der Waals surface area contributed by atoms with E-state index in [0.29, 0.717) is 19.8 Å². The van der Waals surface area contributed by atoms with Gasteiger partial charge in [-0.15, -0.1) is 11.8 Å². The summed E-state index contributed by atoms with van der Waals surface area (Å²) in [5.41, 5.74) is 1.02. The van der Waals surface area contributed by atoms with Crippen LogP contribution < -0.4 is 15.4 Å². The highest BCUT2D eigenvalue weighted by molar-refractivity contribution is 7.98. The van der Waals surface area contributed by atoms with Crippen molar-refractivity contribution in [3.63, 3.8) is 0 Å². The van der Waals surface area contributed by atoms with E-state index >= 15 is 0 Å². The fraction of sp³-hybridized carbons (Fsp3) is 0.400. The lowest BCUT2D eigenvalue weighted by Gasteiger charge is -2.22. The van der Waals surface area contributed by atoms with Crippen LogP contribution in [0.4, 0.5) is 0 Å². The molecule has 0 unspecified atom stereocenters. The molecule has 0 amide bonds. The van der Waals surface area contributed by atoms with Crippen LogP contribution >= 0.6 is 11.8 Å². The van der Waals surface area contributed by atoms with E-state index in [2.05, 4.69) is 4.84 Å². The zero-order valence-electron chi connectivity index (χ0n) is 8.49. The molecular weight excluding hydrogens is 214 g/mol. The minimum atomic E-state index is 0.382. The van der Waals surface area contributed by atoms with Gasteiger partial charge in [0.25, 0.3) is 0 Å². The van der Waals surface area contributed by atoms with Crippen molar-refractivity contribution >= 4 is 11.8 Å². The highest BCUT2D eigenvalue weighted by atomic mass is 32.2. The fourth-order valence-electron chi connectivity index (χ4n) is 1.56. The summed E-state index contributed by atoms with van der Waals surface area (Å²) in [5, 5.41) is 0. The summed E-state index contributed by atoms with van der Waals surface area (Å²) in [6, 6.07) is 3.84. The molecule has 1 aromatic rings. The molecule has 1 aromatic carbocycles. The third kappa shape index (κ3) is 2.04. The normalized spacial score (nSPS) is 14.0. The molecule has 2 N–H and O–H groups in total. The van der Waals surface area contributed by atoms with Crippen LogP contribution in [0.15, 0.2) is 17.0 Å². The van der Waals surface area contributed by atoms with Crippen LogP contribution in [0, 0.1) is 0 Å². The zero-order chi connectivity index (χ0) is 10.7. The lowest BCUT2D eigenvalue weighted by molar-refractivity contribution is 0.120. The average Bonchev–Trinajstić information content (AvgIpc) is 2.29. The molecule has 4 nitrogen and oxygen atoms in total. The van der Waals surface area contributed by atoms with Gasteiger partial charge < -0.3 is 9.47 Å². The molecule has 2 rings (SSSR count). The number of fused-ring (bicyclic) bond motifs is 1. The second kappa shape index (κ2) is 4.74. The fourth-order valence-corrected chi connectivity index (χ4v) is 2.29. The van der Waals surface area contributed by atoms with Gasteiger partial charge in [-0.2, -0.15) is 0 Å². The van der Waals surface area contributed by atoms with Crippen LogP contribution in [-0.4, -0.2) is 19.5 Å². The number of hydrogen-bond acceptors (Lipinski definition) is 5. The van der Waals surface area contributed by atoms with Gasteiger partial charge in [0.15, 0.2) is 11.5 Å². The molecule has 0 aliphatic carbocycles. The van der Waals surface area contributed by atoms with Crippen LogP contribution in [0.3, 0.4) is 0 Å². The van der Waals surface area contributed by atoms with E-state index in [0.717, 1.165) is 22.0 Å². The number of thioether (sulfide) groups is 1. The highest BCUT2D eigenvalue weighted by Gasteiger charge is 2.18. The van der Waals surface area contributed by atoms with Gasteiger partial charge in [0.1, 0.15) is 13.2 Å². The van der Waals surface area contributed by atoms with Gasteiger partial charge in [0.05, 0.1) is 11.5 Å². The minimum Gasteiger partial charge on any atom is -0.486 e. The molecule has 0 saturated carbocycles. The summed E-state index contributed by atoms with van der Waals surface area (Å²) < 4.78 is 11.1. The molecule has 0 fully saturated rings. The quantitative estimate of drug-likeness (QED) is 0.627. The summed E-state index contributed by atoms with van der Waals surface area (Å²) in [4.78, 5) is 5.69. The first-order chi connectivity index (χ1) is 7.36. The van der Waals surface area contributed by atoms with Crippen molar-refractivity contribution in [3.8, 4) is 11.5 Å². The number of benzene rings is 1. The predicted molar refractivity (Wildman–Crippen MR) is 58.2 cm³/mol. The van der Waals surface area contributed by atoms with Crippen molar-refractivity contribution in [2.45, 2.75) is 11.5 Å². The van der Waals surface area contributed by atoms with E-state index in [4.69, 9.17) is 15.4 Å². The summed E-state index contributed by atoms with van der Waals surface area (Å²) >= 11 is 1.61. The Morgan fingerprint density at radius 2 is 2.20 bits per heavy atom. The van der Waals surface area contributed by atoms with Crippen molar-refractivity contribution in [2.75, 3.05) is 19.5 Å². The Balaban J connectivity index is 2.42. The van der Waals surface area contributed by atoms with Crippen LogP contribution in [0.5, 0.6) is 11.5 Å². The predicted octanol–water partition coefficient (Wildman–Crippen LogP) is 1.57. The molecule has 1 aliphatic rings. The van der Waals surface area contributed by atoms with Gasteiger partial charge in [-0.1, -0.05) is 6.07 Å². The van der Waals surface area contributed by atoms with E-state index in [1.807, 2.05) is 18.4 Å². The van der Waals surface area contributed by atoms with E-state index in [9.17, 15) is 0 Å². The Bertz CT molecular complexity index is 357. The third-order valence-corrected chi connectivity index (χ3v) is 3.04. The first kappa shape index (κ1) is 10.6. The van der Waals surface area contributed by atoms with E-state index in [1.54, 1.807) is 11.8 Å². The van der Waals surface area contributed by atoms with Crippen molar-refractivity contribution in [1.82, 2.24) is 0 Å². The molecule has 0 aromatic heterocycles. The van der Waals surface area contributed by atoms with E-state index in [1.165, 1.54) is 0 Å². The maximum absolute atomic E-state index is 5.59. The van der Waals surface area contributed by atoms with Gasteiger partial charge in [-0.05, 0) is 17.9 Å². The maximum Gasteiger partial charge on any atom is 0.175 e. The Labute approximate surface area is 92.6 Å². The highest BCUT2D eigenvalue weighted by Crippen LogP contribution is 2.41. The molecular formula is C10H13NO3S. The summed E-state index contributed by atoms with van der Waals surface area (Å²) in [6.07, 6.45) is 1.99. The number of rotatable bonds is 3. The average molecular weight is 227 g/mol. The molecule has 1 heterocycles. The van der Waals surface area contributed by atoms with Crippen LogP contribution in [0.1, 0.15) is 5.56 Å². The standard InChI is InChI=1S/C10H13NO3S/c1-15-10-7(6-14-11)2-3-8-9(10)13-5-4-12-8/h2-3H,4-6,11H2,1H3. The van der Waals surface area contributed by atoms with Crippen LogP contribution in [0.2, 0.25) is 0 Å². The molecule has 1 aliphatic heterocycles. The smallest absolute Gasteiger partial charge is 0.175 e. The Morgan fingerprint density at radius 1 is 1.40 bits per heavy atom. The summed E-state index contributed by atoms with van der Waals surface area (Å²) in [6.45, 7) is 1.58. The Hall–Kier alpha value is -0.910. The molecule has 0 atom stereocenters. The minimum absolute atomic E-state index is 0.382. The van der Waals surface area contributed by atoms with Crippen LogP contribution in [-0.2, 0) is 11.4 Å². The monoisotopic (exact) mass is 227 g/mol. The first-order valence-electron chi connectivity index (χ1n) is 4.64. The van der Waals surface area contributed by atoms with Crippen LogP contribution in [0.25, 0.3) is 0 Å². The van der Waals surface area contributed by atoms with Gasteiger partial charge in [-0.3, -0.25) is 4.84 Å². The SMILES string of the molecule is CSc1c(CON)ccc2c1OCCO2. The molecule has 82 valence electrons. The largest absolute Gasteiger partial charge is 0.486 e. The Morgan fingerprint density at radius 3 is 2.93 bits per heavy atom. The van der Waals surface area contributed by atoms with Gasteiger partial charge in [0.2, 0.25) is 0 Å². The van der Waals surface area contributed by atoms with Gasteiger partial charge >= 0.3 is 0 Å². The molecule has 0 saturated heterocycles. The van der Waals surface area contributed by atoms with Crippen molar-refractivity contribution in [2.24, 2.45) is 5.90 Å². The molecule has 0 radical (unpaired) electrons. The molecule has 5 heteroatoms. The second-order valence-corrected chi connectivity index (χ2v) is 3.91. The van der Waals surface area contributed by atoms with Gasteiger partial charge in [0, 0.05) is 0 Å². The zero-order valence-corrected chi connectivity index (χ0v) is 9.30. The second-order valence-electron chi connectivity index (χ2n) is 3.09. The molecule has 15 heavy (non-hydrogen) atoms. The number of nitrogens with two attached hydrogens (primary N) is 1. The van der Waals surface area contributed by atoms with E-state index in [-0.39, 0.29) is 0 Å². The lowest BCUT2D eigenvalue weighted by atomic mass is 10.2.